The molecule has 3 aromatic rings. The molecule has 0 aliphatic rings. The molecule has 0 atom stereocenters. The van der Waals surface area contributed by atoms with Gasteiger partial charge in [0.25, 0.3) is 0 Å². The van der Waals surface area contributed by atoms with Gasteiger partial charge in [-0.1, -0.05) is 5.16 Å². The van der Waals surface area contributed by atoms with Crippen molar-refractivity contribution in [3.05, 3.63) is 52.4 Å². The van der Waals surface area contributed by atoms with E-state index in [1.54, 1.807) is 23.7 Å². The van der Waals surface area contributed by atoms with Gasteiger partial charge < -0.3 is 4.52 Å². The molecule has 22 heavy (non-hydrogen) atoms. The van der Waals surface area contributed by atoms with Crippen LogP contribution in [0.25, 0.3) is 11.3 Å². The van der Waals surface area contributed by atoms with Crippen LogP contribution >= 0.6 is 11.3 Å². The number of thiazole rings is 1. The minimum atomic E-state index is 0.741. The van der Waals surface area contributed by atoms with E-state index < -0.39 is 0 Å². The van der Waals surface area contributed by atoms with Crippen molar-refractivity contribution >= 4 is 11.3 Å². The van der Waals surface area contributed by atoms with E-state index >= 15 is 0 Å². The van der Waals surface area contributed by atoms with Crippen LogP contribution in [0.15, 0.2) is 40.6 Å². The van der Waals surface area contributed by atoms with Gasteiger partial charge in [-0.15, -0.1) is 11.3 Å². The van der Waals surface area contributed by atoms with Crippen molar-refractivity contribution in [1.29, 1.82) is 0 Å². The highest BCUT2D eigenvalue weighted by molar-refractivity contribution is 7.09. The minimum Gasteiger partial charge on any atom is -0.359 e. The Morgan fingerprint density at radius 3 is 3.00 bits per heavy atom. The Bertz CT molecular complexity index is 723. The summed E-state index contributed by atoms with van der Waals surface area (Å²) in [6.45, 7) is 3.76. The minimum absolute atomic E-state index is 0.741. The third-order valence-electron chi connectivity index (χ3n) is 3.51. The van der Waals surface area contributed by atoms with Crippen LogP contribution in [0.1, 0.15) is 16.3 Å². The molecule has 0 radical (unpaired) electrons. The monoisotopic (exact) mass is 314 g/mol. The summed E-state index contributed by atoms with van der Waals surface area (Å²) in [5.74, 6) is 0.863. The van der Waals surface area contributed by atoms with Crippen LogP contribution in [0.5, 0.6) is 0 Å². The molecule has 0 N–H and O–H groups in total. The van der Waals surface area contributed by atoms with Crippen LogP contribution in [-0.4, -0.2) is 33.6 Å². The fourth-order valence-electron chi connectivity index (χ4n) is 2.24. The molecular weight excluding hydrogens is 296 g/mol. The Morgan fingerprint density at radius 2 is 2.27 bits per heavy atom. The molecule has 0 amide bonds. The number of rotatable bonds is 6. The second kappa shape index (κ2) is 6.81. The van der Waals surface area contributed by atoms with E-state index in [4.69, 9.17) is 4.52 Å². The summed E-state index contributed by atoms with van der Waals surface area (Å²) >= 11 is 1.72. The van der Waals surface area contributed by atoms with Crippen molar-refractivity contribution in [2.45, 2.75) is 19.9 Å². The van der Waals surface area contributed by atoms with Gasteiger partial charge in [-0.25, -0.2) is 4.98 Å². The fraction of sp³-hybridized carbons (Fsp3) is 0.312. The molecule has 0 unspecified atom stereocenters. The lowest BCUT2D eigenvalue weighted by Gasteiger charge is -2.13. The molecule has 0 saturated carbocycles. The predicted octanol–water partition coefficient (Wildman–Crippen LogP) is 3.18. The first-order valence-corrected chi connectivity index (χ1v) is 8.04. The molecular formula is C16H18N4OS. The Labute approximate surface area is 133 Å². The topological polar surface area (TPSA) is 55.1 Å². The number of aromatic nitrogens is 3. The third-order valence-corrected chi connectivity index (χ3v) is 4.50. The number of hydrogen-bond donors (Lipinski definition) is 0. The molecule has 0 spiro atoms. The van der Waals surface area contributed by atoms with Crippen LogP contribution in [0, 0.1) is 6.92 Å². The second-order valence-electron chi connectivity index (χ2n) is 5.27. The summed E-state index contributed by atoms with van der Waals surface area (Å²) in [7, 11) is 2.09. The summed E-state index contributed by atoms with van der Waals surface area (Å²) in [6, 6.07) is 5.85. The number of nitrogens with zero attached hydrogens (tertiary/aromatic N) is 4. The van der Waals surface area contributed by atoms with E-state index in [1.807, 2.05) is 23.7 Å². The molecule has 0 aliphatic heterocycles. The SMILES string of the molecule is Cc1ncsc1CCN(C)Cc1cc(-c2cccnc2)no1. The second-order valence-corrected chi connectivity index (χ2v) is 6.21. The van der Waals surface area contributed by atoms with Gasteiger partial charge in [0.05, 0.1) is 17.7 Å². The average molecular weight is 314 g/mol. The van der Waals surface area contributed by atoms with Crippen molar-refractivity contribution in [2.75, 3.05) is 13.6 Å². The van der Waals surface area contributed by atoms with Crippen molar-refractivity contribution < 1.29 is 4.52 Å². The van der Waals surface area contributed by atoms with Crippen molar-refractivity contribution in [3.63, 3.8) is 0 Å². The van der Waals surface area contributed by atoms with Crippen LogP contribution in [0.2, 0.25) is 0 Å². The molecule has 114 valence electrons. The highest BCUT2D eigenvalue weighted by atomic mass is 32.1. The van der Waals surface area contributed by atoms with Gasteiger partial charge >= 0.3 is 0 Å². The largest absolute Gasteiger partial charge is 0.359 e. The van der Waals surface area contributed by atoms with Gasteiger partial charge in [-0.2, -0.15) is 0 Å². The Morgan fingerprint density at radius 1 is 1.36 bits per heavy atom. The number of likely N-dealkylation sites (N-methyl/N-ethyl adjacent to an activating group) is 1. The zero-order chi connectivity index (χ0) is 15.4. The highest BCUT2D eigenvalue weighted by Gasteiger charge is 2.10. The smallest absolute Gasteiger partial charge is 0.151 e. The molecule has 6 heteroatoms. The van der Waals surface area contributed by atoms with Crippen LogP contribution in [0.4, 0.5) is 0 Å². The molecule has 5 nitrogen and oxygen atoms in total. The summed E-state index contributed by atoms with van der Waals surface area (Å²) in [5, 5.41) is 4.11. The van der Waals surface area contributed by atoms with Crippen molar-refractivity contribution in [1.82, 2.24) is 20.0 Å². The molecule has 0 saturated heterocycles. The van der Waals surface area contributed by atoms with Gasteiger partial charge in [-0.05, 0) is 32.5 Å². The Hall–Kier alpha value is -2.05. The maximum atomic E-state index is 5.42. The summed E-state index contributed by atoms with van der Waals surface area (Å²) < 4.78 is 5.42. The van der Waals surface area contributed by atoms with E-state index in [-0.39, 0.29) is 0 Å². The maximum absolute atomic E-state index is 5.42. The first-order valence-electron chi connectivity index (χ1n) is 7.16. The standard InChI is InChI=1S/C16H18N4OS/c1-12-16(22-11-18-12)5-7-20(2)10-14-8-15(19-21-14)13-4-3-6-17-9-13/h3-4,6,8-9,11H,5,7,10H2,1-2H3. The summed E-state index contributed by atoms with van der Waals surface area (Å²) in [5.41, 5.74) is 4.84. The van der Waals surface area contributed by atoms with E-state index in [1.165, 1.54) is 4.88 Å². The lowest BCUT2D eigenvalue weighted by Crippen LogP contribution is -2.20. The number of hydrogen-bond acceptors (Lipinski definition) is 6. The van der Waals surface area contributed by atoms with Gasteiger partial charge in [0, 0.05) is 35.4 Å². The van der Waals surface area contributed by atoms with Crippen LogP contribution < -0.4 is 0 Å². The van der Waals surface area contributed by atoms with Crippen molar-refractivity contribution in [2.24, 2.45) is 0 Å². The van der Waals surface area contributed by atoms with E-state index in [2.05, 4.69) is 34.0 Å². The number of aryl methyl sites for hydroxylation is 1. The maximum Gasteiger partial charge on any atom is 0.151 e. The van der Waals surface area contributed by atoms with E-state index in [0.717, 1.165) is 42.2 Å². The Balaban J connectivity index is 1.57. The first-order chi connectivity index (χ1) is 10.7. The van der Waals surface area contributed by atoms with Crippen LogP contribution in [0.3, 0.4) is 0 Å². The van der Waals surface area contributed by atoms with Crippen molar-refractivity contribution in [3.8, 4) is 11.3 Å². The van der Waals surface area contributed by atoms with Gasteiger partial charge in [0.1, 0.15) is 5.69 Å². The molecule has 3 aromatic heterocycles. The normalized spacial score (nSPS) is 11.2. The fourth-order valence-corrected chi connectivity index (χ4v) is 3.01. The van der Waals surface area contributed by atoms with E-state index in [9.17, 15) is 0 Å². The predicted molar refractivity (Wildman–Crippen MR) is 86.6 cm³/mol. The van der Waals surface area contributed by atoms with Gasteiger partial charge in [0.2, 0.25) is 0 Å². The zero-order valence-electron chi connectivity index (χ0n) is 12.7. The Kier molecular flexibility index (Phi) is 4.60. The average Bonchev–Trinajstić information content (AvgIpc) is 3.15. The van der Waals surface area contributed by atoms with Gasteiger partial charge in [-0.3, -0.25) is 9.88 Å². The third kappa shape index (κ3) is 3.58. The zero-order valence-corrected chi connectivity index (χ0v) is 13.5. The van der Waals surface area contributed by atoms with Gasteiger partial charge in [0.15, 0.2) is 5.76 Å². The molecule has 0 aromatic carbocycles. The first kappa shape index (κ1) is 14.9. The molecule has 3 heterocycles. The number of pyridine rings is 1. The highest BCUT2D eigenvalue weighted by Crippen LogP contribution is 2.19. The molecule has 0 fully saturated rings. The molecule has 0 aliphatic carbocycles. The molecule has 0 bridgehead atoms. The lowest BCUT2D eigenvalue weighted by atomic mass is 10.2. The summed E-state index contributed by atoms with van der Waals surface area (Å²) in [6.07, 6.45) is 4.55. The summed E-state index contributed by atoms with van der Waals surface area (Å²) in [4.78, 5) is 12.0. The van der Waals surface area contributed by atoms with Crippen LogP contribution in [-0.2, 0) is 13.0 Å². The lowest BCUT2D eigenvalue weighted by molar-refractivity contribution is 0.276. The quantitative estimate of drug-likeness (QED) is 0.699. The molecule has 3 rings (SSSR count). The van der Waals surface area contributed by atoms with E-state index in [0.29, 0.717) is 0 Å².